The van der Waals surface area contributed by atoms with Gasteiger partial charge in [-0.3, -0.25) is 4.79 Å². The second kappa shape index (κ2) is 6.86. The third-order valence-corrected chi connectivity index (χ3v) is 3.66. The monoisotopic (exact) mass is 359 g/mol. The zero-order chi connectivity index (χ0) is 18.0. The Bertz CT molecular complexity index is 970. The number of aromatic nitrogens is 4. The van der Waals surface area contributed by atoms with Crippen molar-refractivity contribution < 1.29 is 14.3 Å². The molecule has 0 aliphatic heterocycles. The predicted molar refractivity (Wildman–Crippen MR) is 90.6 cm³/mol. The fraction of sp³-hybridized carbons (Fsp3) is 0.188. The first kappa shape index (κ1) is 16.8. The van der Waals surface area contributed by atoms with Crippen molar-refractivity contribution in [1.29, 1.82) is 0 Å². The number of aryl methyl sites for hydroxylation is 2. The maximum Gasteiger partial charge on any atom is 0.378 e. The Morgan fingerprint density at radius 1 is 1.28 bits per heavy atom. The number of fused-ring (bicyclic) bond motifs is 1. The van der Waals surface area contributed by atoms with Crippen LogP contribution >= 0.6 is 11.6 Å². The lowest BCUT2D eigenvalue weighted by atomic mass is 10.2. The lowest BCUT2D eigenvalue weighted by molar-refractivity contribution is -0.119. The van der Waals surface area contributed by atoms with E-state index >= 15 is 0 Å². The molecule has 0 radical (unpaired) electrons. The van der Waals surface area contributed by atoms with Crippen molar-refractivity contribution in [2.24, 2.45) is 0 Å². The molecule has 8 nitrogen and oxygen atoms in total. The van der Waals surface area contributed by atoms with Crippen molar-refractivity contribution in [3.05, 3.63) is 52.6 Å². The smallest absolute Gasteiger partial charge is 0.378 e. The summed E-state index contributed by atoms with van der Waals surface area (Å²) in [4.78, 5) is 31.9. The number of rotatable bonds is 4. The molecular formula is C16H14ClN5O3. The highest BCUT2D eigenvalue weighted by Gasteiger charge is 2.17. The van der Waals surface area contributed by atoms with E-state index in [-0.39, 0.29) is 11.6 Å². The molecule has 9 heteroatoms. The Hall–Kier alpha value is -3.00. The predicted octanol–water partition coefficient (Wildman–Crippen LogP) is 2.19. The van der Waals surface area contributed by atoms with Crippen LogP contribution in [0.1, 0.15) is 21.9 Å². The van der Waals surface area contributed by atoms with E-state index in [0.717, 1.165) is 11.3 Å². The largest absolute Gasteiger partial charge is 0.450 e. The van der Waals surface area contributed by atoms with Gasteiger partial charge in [0.2, 0.25) is 0 Å². The summed E-state index contributed by atoms with van der Waals surface area (Å²) in [7, 11) is 0. The molecule has 1 aromatic carbocycles. The molecule has 0 unspecified atom stereocenters. The Morgan fingerprint density at radius 3 is 2.84 bits per heavy atom. The first-order valence-electron chi connectivity index (χ1n) is 7.35. The zero-order valence-corrected chi connectivity index (χ0v) is 14.2. The standard InChI is InChI=1S/C16H14ClN5O3/c1-9-3-4-11(17)7-12(9)19-13(23)8-25-15(24)14-20-16-18-6-5-10(2)22(16)21-14/h3-7H,8H2,1-2H3,(H,19,23). The molecule has 0 spiro atoms. The lowest BCUT2D eigenvalue weighted by Crippen LogP contribution is -2.21. The summed E-state index contributed by atoms with van der Waals surface area (Å²) < 4.78 is 6.37. The van der Waals surface area contributed by atoms with Crippen LogP contribution in [0.15, 0.2) is 30.5 Å². The van der Waals surface area contributed by atoms with Crippen LogP contribution in [-0.4, -0.2) is 38.1 Å². The number of nitrogens with zero attached hydrogens (tertiary/aromatic N) is 4. The molecule has 0 fully saturated rings. The zero-order valence-electron chi connectivity index (χ0n) is 13.5. The normalized spacial score (nSPS) is 10.7. The lowest BCUT2D eigenvalue weighted by Gasteiger charge is -2.08. The van der Waals surface area contributed by atoms with Crippen molar-refractivity contribution >= 4 is 34.9 Å². The molecule has 25 heavy (non-hydrogen) atoms. The van der Waals surface area contributed by atoms with Crippen LogP contribution in [0, 0.1) is 13.8 Å². The second-order valence-electron chi connectivity index (χ2n) is 5.32. The molecule has 0 saturated carbocycles. The van der Waals surface area contributed by atoms with E-state index in [1.165, 1.54) is 4.52 Å². The second-order valence-corrected chi connectivity index (χ2v) is 5.75. The maximum atomic E-state index is 12.0. The Kier molecular flexibility index (Phi) is 4.62. The van der Waals surface area contributed by atoms with Crippen LogP contribution in [0.2, 0.25) is 5.02 Å². The Morgan fingerprint density at radius 2 is 2.08 bits per heavy atom. The molecule has 128 valence electrons. The topological polar surface area (TPSA) is 98.5 Å². The van der Waals surface area contributed by atoms with Gasteiger partial charge in [0.25, 0.3) is 17.5 Å². The number of nitrogens with one attached hydrogen (secondary N) is 1. The SMILES string of the molecule is Cc1ccc(Cl)cc1NC(=O)COC(=O)c1nc2nccc(C)n2n1. The number of amides is 1. The Labute approximate surface area is 147 Å². The van der Waals surface area contributed by atoms with Gasteiger partial charge in [0.15, 0.2) is 6.61 Å². The first-order chi connectivity index (χ1) is 11.9. The summed E-state index contributed by atoms with van der Waals surface area (Å²) in [6.45, 7) is 3.17. The minimum atomic E-state index is -0.803. The van der Waals surface area contributed by atoms with Crippen molar-refractivity contribution in [3.8, 4) is 0 Å². The average Bonchev–Trinajstić information content (AvgIpc) is 3.02. The fourth-order valence-corrected chi connectivity index (χ4v) is 2.28. The van der Waals surface area contributed by atoms with Gasteiger partial charge in [0.1, 0.15) is 0 Å². The summed E-state index contributed by atoms with van der Waals surface area (Å²) in [6, 6.07) is 6.85. The van der Waals surface area contributed by atoms with Gasteiger partial charge in [0.05, 0.1) is 0 Å². The van der Waals surface area contributed by atoms with E-state index in [0.29, 0.717) is 10.7 Å². The molecule has 1 amide bonds. The Balaban J connectivity index is 1.64. The van der Waals surface area contributed by atoms with Crippen molar-refractivity contribution in [1.82, 2.24) is 19.6 Å². The van der Waals surface area contributed by atoms with Gasteiger partial charge in [-0.05, 0) is 37.6 Å². The summed E-state index contributed by atoms with van der Waals surface area (Å²) in [6.07, 6.45) is 1.56. The molecule has 3 rings (SSSR count). The minimum Gasteiger partial charge on any atom is -0.450 e. The molecule has 0 aliphatic carbocycles. The molecule has 2 aromatic heterocycles. The maximum absolute atomic E-state index is 12.0. The summed E-state index contributed by atoms with van der Waals surface area (Å²) in [5.41, 5.74) is 2.16. The molecule has 0 bridgehead atoms. The van der Waals surface area contributed by atoms with Gasteiger partial charge >= 0.3 is 5.97 Å². The van der Waals surface area contributed by atoms with Gasteiger partial charge in [0, 0.05) is 22.6 Å². The number of halogens is 1. The minimum absolute atomic E-state index is 0.159. The van der Waals surface area contributed by atoms with Crippen molar-refractivity contribution in [3.63, 3.8) is 0 Å². The fourth-order valence-electron chi connectivity index (χ4n) is 2.10. The van der Waals surface area contributed by atoms with Crippen LogP contribution in [0.5, 0.6) is 0 Å². The highest BCUT2D eigenvalue weighted by atomic mass is 35.5. The highest BCUT2D eigenvalue weighted by molar-refractivity contribution is 6.31. The average molecular weight is 360 g/mol. The number of hydrogen-bond acceptors (Lipinski definition) is 6. The van der Waals surface area contributed by atoms with Crippen LogP contribution in [0.25, 0.3) is 5.78 Å². The van der Waals surface area contributed by atoms with E-state index in [1.54, 1.807) is 37.4 Å². The molecule has 0 aliphatic rings. The first-order valence-corrected chi connectivity index (χ1v) is 7.73. The van der Waals surface area contributed by atoms with Gasteiger partial charge in [-0.1, -0.05) is 17.7 Å². The molecule has 0 atom stereocenters. The molecule has 0 saturated heterocycles. The molecular weight excluding hydrogens is 346 g/mol. The van der Waals surface area contributed by atoms with Crippen LogP contribution in [0.3, 0.4) is 0 Å². The quantitative estimate of drug-likeness (QED) is 0.717. The molecule has 3 aromatic rings. The van der Waals surface area contributed by atoms with E-state index < -0.39 is 18.5 Å². The van der Waals surface area contributed by atoms with Crippen molar-refractivity contribution in [2.45, 2.75) is 13.8 Å². The van der Waals surface area contributed by atoms with E-state index in [1.807, 2.05) is 6.92 Å². The van der Waals surface area contributed by atoms with Crippen molar-refractivity contribution in [2.75, 3.05) is 11.9 Å². The van der Waals surface area contributed by atoms with Gasteiger partial charge in [-0.15, -0.1) is 5.10 Å². The van der Waals surface area contributed by atoms with Crippen LogP contribution in [-0.2, 0) is 9.53 Å². The molecule has 1 N–H and O–H groups in total. The highest BCUT2D eigenvalue weighted by Crippen LogP contribution is 2.20. The number of ether oxygens (including phenoxy) is 1. The number of anilines is 1. The van der Waals surface area contributed by atoms with Gasteiger partial charge in [-0.2, -0.15) is 4.98 Å². The van der Waals surface area contributed by atoms with Gasteiger partial charge < -0.3 is 10.1 Å². The van der Waals surface area contributed by atoms with E-state index in [4.69, 9.17) is 16.3 Å². The third kappa shape index (κ3) is 3.74. The number of benzene rings is 1. The number of esters is 1. The number of carbonyl (C=O) groups is 2. The summed E-state index contributed by atoms with van der Waals surface area (Å²) in [5.74, 6) is -1.17. The number of hydrogen-bond donors (Lipinski definition) is 1. The van der Waals surface area contributed by atoms with Crippen LogP contribution < -0.4 is 5.32 Å². The van der Waals surface area contributed by atoms with E-state index in [2.05, 4.69) is 20.4 Å². The van der Waals surface area contributed by atoms with Crippen LogP contribution in [0.4, 0.5) is 5.69 Å². The third-order valence-electron chi connectivity index (χ3n) is 3.42. The number of carbonyl (C=O) groups excluding carboxylic acids is 2. The summed E-state index contributed by atoms with van der Waals surface area (Å²) >= 11 is 5.90. The van der Waals surface area contributed by atoms with E-state index in [9.17, 15) is 9.59 Å². The molecule has 2 heterocycles. The van der Waals surface area contributed by atoms with Gasteiger partial charge in [-0.25, -0.2) is 14.3 Å². The summed E-state index contributed by atoms with van der Waals surface area (Å²) in [5, 5.41) is 7.15.